The van der Waals surface area contributed by atoms with Gasteiger partial charge in [0, 0.05) is 36.2 Å². The van der Waals surface area contributed by atoms with Gasteiger partial charge in [-0.1, -0.05) is 0 Å². The van der Waals surface area contributed by atoms with Crippen LogP contribution in [0, 0.1) is 0 Å². The van der Waals surface area contributed by atoms with E-state index >= 15 is 0 Å². The van der Waals surface area contributed by atoms with Crippen LogP contribution in [0.3, 0.4) is 0 Å². The molecule has 19 heavy (non-hydrogen) atoms. The highest BCUT2D eigenvalue weighted by atomic mass is 32.2. The summed E-state index contributed by atoms with van der Waals surface area (Å²) in [6.07, 6.45) is 0. The van der Waals surface area contributed by atoms with Crippen molar-refractivity contribution in [3.8, 4) is 0 Å². The summed E-state index contributed by atoms with van der Waals surface area (Å²) >= 11 is 1.14. The topological polar surface area (TPSA) is 75.4 Å². The van der Waals surface area contributed by atoms with E-state index in [9.17, 15) is 8.42 Å². The van der Waals surface area contributed by atoms with E-state index in [1.165, 1.54) is 6.07 Å². The number of nitrogen functional groups attached to an aromatic ring is 1. The summed E-state index contributed by atoms with van der Waals surface area (Å²) in [4.78, 5) is 2.24. The lowest BCUT2D eigenvalue weighted by Crippen LogP contribution is -2.42. The number of sulfonamides is 1. The van der Waals surface area contributed by atoms with Crippen LogP contribution in [0.1, 0.15) is 27.7 Å². The zero-order valence-corrected chi connectivity index (χ0v) is 13.5. The lowest BCUT2D eigenvalue weighted by molar-refractivity contribution is 0.179. The van der Waals surface area contributed by atoms with E-state index in [-0.39, 0.29) is 4.21 Å². The van der Waals surface area contributed by atoms with Crippen LogP contribution >= 0.6 is 11.3 Å². The first-order chi connectivity index (χ1) is 8.74. The van der Waals surface area contributed by atoms with Gasteiger partial charge in [0.05, 0.1) is 0 Å². The predicted octanol–water partition coefficient (Wildman–Crippen LogP) is 1.73. The van der Waals surface area contributed by atoms with Crippen LogP contribution in [0.25, 0.3) is 0 Å². The largest absolute Gasteiger partial charge is 0.398 e. The Labute approximate surface area is 119 Å². The third kappa shape index (κ3) is 4.76. The Kier molecular flexibility index (Phi) is 5.79. The lowest BCUT2D eigenvalue weighted by atomic mass is 10.2. The summed E-state index contributed by atoms with van der Waals surface area (Å²) in [5.74, 6) is 0. The minimum Gasteiger partial charge on any atom is -0.398 e. The van der Waals surface area contributed by atoms with E-state index in [1.807, 2.05) is 0 Å². The van der Waals surface area contributed by atoms with Crippen LogP contribution in [0.15, 0.2) is 15.7 Å². The van der Waals surface area contributed by atoms with Crippen molar-refractivity contribution in [3.63, 3.8) is 0 Å². The second-order valence-corrected chi connectivity index (χ2v) is 7.93. The highest BCUT2D eigenvalue weighted by Gasteiger charge is 2.18. The molecule has 0 spiro atoms. The van der Waals surface area contributed by atoms with Crippen LogP contribution < -0.4 is 10.5 Å². The average molecular weight is 305 g/mol. The van der Waals surface area contributed by atoms with E-state index in [1.54, 1.807) is 5.38 Å². The first kappa shape index (κ1) is 16.4. The molecule has 0 saturated heterocycles. The van der Waals surface area contributed by atoms with Crippen molar-refractivity contribution in [3.05, 3.63) is 11.4 Å². The Morgan fingerprint density at radius 3 is 2.32 bits per heavy atom. The maximum Gasteiger partial charge on any atom is 0.250 e. The quantitative estimate of drug-likeness (QED) is 0.804. The first-order valence-electron chi connectivity index (χ1n) is 6.33. The van der Waals surface area contributed by atoms with Gasteiger partial charge in [-0.05, 0) is 33.8 Å². The molecule has 0 fully saturated rings. The molecule has 1 rings (SSSR count). The van der Waals surface area contributed by atoms with Crippen molar-refractivity contribution >= 4 is 27.0 Å². The monoisotopic (exact) mass is 305 g/mol. The fraction of sp³-hybridized carbons (Fsp3) is 0.667. The highest BCUT2D eigenvalue weighted by molar-refractivity contribution is 7.91. The molecule has 0 radical (unpaired) electrons. The number of nitrogens with two attached hydrogens (primary N) is 1. The van der Waals surface area contributed by atoms with Crippen molar-refractivity contribution in [2.24, 2.45) is 0 Å². The van der Waals surface area contributed by atoms with Crippen molar-refractivity contribution < 1.29 is 8.42 Å². The molecule has 5 nitrogen and oxygen atoms in total. The average Bonchev–Trinajstić information content (AvgIpc) is 2.71. The summed E-state index contributed by atoms with van der Waals surface area (Å²) in [6.45, 7) is 9.51. The van der Waals surface area contributed by atoms with Crippen LogP contribution in [0.5, 0.6) is 0 Å². The molecule has 0 aliphatic heterocycles. The molecule has 0 aliphatic carbocycles. The summed E-state index contributed by atoms with van der Waals surface area (Å²) in [5.41, 5.74) is 6.02. The van der Waals surface area contributed by atoms with Gasteiger partial charge in [-0.15, -0.1) is 11.3 Å². The van der Waals surface area contributed by atoms with E-state index in [4.69, 9.17) is 5.73 Å². The van der Waals surface area contributed by atoms with E-state index < -0.39 is 10.0 Å². The maximum absolute atomic E-state index is 12.0. The third-order valence-electron chi connectivity index (χ3n) is 2.85. The zero-order chi connectivity index (χ0) is 14.6. The molecule has 1 aromatic heterocycles. The summed E-state index contributed by atoms with van der Waals surface area (Å²) in [6, 6.07) is 2.26. The zero-order valence-electron chi connectivity index (χ0n) is 11.9. The molecule has 7 heteroatoms. The van der Waals surface area contributed by atoms with Gasteiger partial charge in [0.1, 0.15) is 4.21 Å². The Balaban J connectivity index is 2.57. The number of anilines is 1. The SMILES string of the molecule is CC(C)N(CCNS(=O)(=O)c1cc(N)cs1)C(C)C. The Hall–Kier alpha value is -0.630. The summed E-state index contributed by atoms with van der Waals surface area (Å²) < 4.78 is 26.9. The van der Waals surface area contributed by atoms with Crippen molar-refractivity contribution in [1.82, 2.24) is 9.62 Å². The number of hydrogen-bond donors (Lipinski definition) is 2. The molecule has 0 aliphatic rings. The summed E-state index contributed by atoms with van der Waals surface area (Å²) in [5, 5.41) is 1.63. The number of rotatable bonds is 7. The van der Waals surface area contributed by atoms with Gasteiger partial charge in [-0.3, -0.25) is 4.90 Å². The summed E-state index contributed by atoms with van der Waals surface area (Å²) in [7, 11) is -3.42. The molecule has 1 heterocycles. The molecule has 0 atom stereocenters. The van der Waals surface area contributed by atoms with Gasteiger partial charge >= 0.3 is 0 Å². The predicted molar refractivity (Wildman–Crippen MR) is 80.9 cm³/mol. The molecule has 110 valence electrons. The second kappa shape index (κ2) is 6.69. The standard InChI is InChI=1S/C12H23N3O2S2/c1-9(2)15(10(3)4)6-5-14-19(16,17)12-7-11(13)8-18-12/h7-10,14H,5-6,13H2,1-4H3. The fourth-order valence-electron chi connectivity index (χ4n) is 1.96. The van der Waals surface area contributed by atoms with Gasteiger partial charge in [0.2, 0.25) is 10.0 Å². The van der Waals surface area contributed by atoms with Crippen LogP contribution in [-0.2, 0) is 10.0 Å². The van der Waals surface area contributed by atoms with Gasteiger partial charge in [0.15, 0.2) is 0 Å². The highest BCUT2D eigenvalue weighted by Crippen LogP contribution is 2.21. The lowest BCUT2D eigenvalue weighted by Gasteiger charge is -2.30. The molecule has 0 bridgehead atoms. The van der Waals surface area contributed by atoms with Crippen LogP contribution in [-0.4, -0.2) is 38.5 Å². The molecule has 3 N–H and O–H groups in total. The van der Waals surface area contributed by atoms with E-state index in [0.717, 1.165) is 11.3 Å². The van der Waals surface area contributed by atoms with Crippen LogP contribution in [0.2, 0.25) is 0 Å². The normalized spacial score (nSPS) is 12.8. The Morgan fingerprint density at radius 1 is 1.32 bits per heavy atom. The molecule has 0 aromatic carbocycles. The fourth-order valence-corrected chi connectivity index (χ4v) is 4.11. The van der Waals surface area contributed by atoms with Gasteiger partial charge in [0.25, 0.3) is 0 Å². The van der Waals surface area contributed by atoms with Crippen molar-refractivity contribution in [2.75, 3.05) is 18.8 Å². The number of hydrogen-bond acceptors (Lipinski definition) is 5. The molecular weight excluding hydrogens is 282 g/mol. The van der Waals surface area contributed by atoms with E-state index in [2.05, 4.69) is 37.3 Å². The first-order valence-corrected chi connectivity index (χ1v) is 8.69. The Bertz CT molecular complexity index is 487. The van der Waals surface area contributed by atoms with Crippen LogP contribution in [0.4, 0.5) is 5.69 Å². The molecular formula is C12H23N3O2S2. The third-order valence-corrected chi connectivity index (χ3v) is 5.77. The van der Waals surface area contributed by atoms with Gasteiger partial charge in [-0.25, -0.2) is 13.1 Å². The molecule has 1 aromatic rings. The van der Waals surface area contributed by atoms with Gasteiger partial charge < -0.3 is 5.73 Å². The van der Waals surface area contributed by atoms with Crippen molar-refractivity contribution in [1.29, 1.82) is 0 Å². The maximum atomic E-state index is 12.0. The molecule has 0 unspecified atom stereocenters. The van der Waals surface area contributed by atoms with Gasteiger partial charge in [-0.2, -0.15) is 0 Å². The number of thiophene rings is 1. The minimum absolute atomic E-state index is 0.269. The molecule has 0 saturated carbocycles. The Morgan fingerprint density at radius 2 is 1.89 bits per heavy atom. The minimum atomic E-state index is -3.42. The molecule has 0 amide bonds. The van der Waals surface area contributed by atoms with Crippen molar-refractivity contribution in [2.45, 2.75) is 44.0 Å². The smallest absolute Gasteiger partial charge is 0.250 e. The number of nitrogens with one attached hydrogen (secondary N) is 1. The second-order valence-electron chi connectivity index (χ2n) is 5.02. The van der Waals surface area contributed by atoms with E-state index in [0.29, 0.717) is 30.9 Å². The number of nitrogens with zero attached hydrogens (tertiary/aromatic N) is 1.